The minimum atomic E-state index is 0.678. The average Bonchev–Trinajstić information content (AvgIpc) is 1.55. The van der Waals surface area contributed by atoms with Crippen molar-refractivity contribution in [2.75, 3.05) is 0 Å². The van der Waals surface area contributed by atoms with Crippen LogP contribution in [0.5, 0.6) is 0 Å². The van der Waals surface area contributed by atoms with Gasteiger partial charge in [0.05, 0.1) is 65.7 Å². The molecule has 8 heterocycles. The minimum absolute atomic E-state index is 0.678. The van der Waals surface area contributed by atoms with Crippen molar-refractivity contribution in [3.63, 3.8) is 0 Å². The Balaban J connectivity index is 0.0000000969. The first-order valence-corrected chi connectivity index (χ1v) is 45.4. The summed E-state index contributed by atoms with van der Waals surface area (Å²) >= 11 is 1.76. The molecule has 28 aromatic rings. The van der Waals surface area contributed by atoms with Gasteiger partial charge in [-0.25, -0.2) is 24.9 Å². The van der Waals surface area contributed by atoms with Gasteiger partial charge in [-0.15, -0.1) is 11.3 Å². The highest BCUT2D eigenvalue weighted by Crippen LogP contribution is 2.55. The third-order valence-electron chi connectivity index (χ3n) is 27.8. The van der Waals surface area contributed by atoms with Crippen LogP contribution in [0.3, 0.4) is 0 Å². The molecule has 0 unspecified atom stereocenters. The first-order valence-electron chi connectivity index (χ1n) is 44.6. The molecule has 0 saturated carbocycles. The number of fused-ring (bicyclic) bond motifs is 19. The SMILES string of the molecule is c1ccc(-c2nc(-c3ccc(-n4c5cccc6c5c5c7c(cccc7ccc54)-c4ccccc4-6)cc3)nc3c2sc2ccccc23)cc1.c1ccc(-c2nc(-n3c4cccc5c4c4c6c(cccc6ccc43)-c3ccccc3-5)nc3c2ccc2ccccc23)cc1.c1ccc2c(c1)-c1cccc3ccc4c(c13)c1c-2cccc1n4-c1ccc2oc3nc4ccccc4cc3c2c1. The van der Waals surface area contributed by atoms with E-state index in [1.807, 2.05) is 12.1 Å². The standard InChI is InChI=1S/C44H25N3S.C40H23N3.C37H20N2O/c1-2-10-27(11-3-1)41-43-42(34-15-6-7-19-37(34)48-43)46-44(45-41)28-20-23-29(24-21-28)47-35-18-9-17-33-31-14-5-4-13-30(31)32-16-8-12-26-22-25-36(47)40(38(26)32)39(33)35;1-2-11-26(12-3-1)38-32-22-20-24-10-4-5-14-27(24)39(32)42-40(41-38)43-33-19-9-18-31-29-16-7-6-15-28(29)30-17-8-13-25-21-23-34(43)37(35(25)30)36(31)33;1-4-13-30-22(7-1)19-29-28-20-23(16-18-33(28)40-37(29)38-30)39-31-14-6-12-27-25-10-3-2-9-24(25)26-11-5-8-21-15-17-32(39)36(34(21)26)35(27)31/h1-25H;1-23H;1-20H. The van der Waals surface area contributed by atoms with Gasteiger partial charge in [-0.1, -0.05) is 309 Å². The predicted molar refractivity (Wildman–Crippen MR) is 546 cm³/mol. The number of rotatable bonds is 6. The highest BCUT2D eigenvalue weighted by molar-refractivity contribution is 7.26. The Labute approximate surface area is 752 Å². The number of nitrogens with zero attached hydrogens (tertiary/aromatic N) is 8. The number of pyridine rings is 1. The van der Waals surface area contributed by atoms with Crippen LogP contribution in [0.2, 0.25) is 0 Å². The van der Waals surface area contributed by atoms with Crippen molar-refractivity contribution in [2.24, 2.45) is 0 Å². The van der Waals surface area contributed by atoms with E-state index in [9.17, 15) is 0 Å². The van der Waals surface area contributed by atoms with Crippen LogP contribution in [0.4, 0.5) is 0 Å². The largest absolute Gasteiger partial charge is 0.438 e. The lowest BCUT2D eigenvalue weighted by atomic mass is 9.93. The van der Waals surface area contributed by atoms with E-state index in [0.29, 0.717) is 11.7 Å². The van der Waals surface area contributed by atoms with Crippen molar-refractivity contribution in [3.05, 3.63) is 413 Å². The third kappa shape index (κ3) is 10.4. The molecule has 9 nitrogen and oxygen atoms in total. The van der Waals surface area contributed by atoms with Gasteiger partial charge in [0.1, 0.15) is 5.58 Å². The molecule has 3 aliphatic carbocycles. The third-order valence-corrected chi connectivity index (χ3v) is 29.0. The second-order valence-corrected chi connectivity index (χ2v) is 35.7. The second-order valence-electron chi connectivity index (χ2n) is 34.7. The smallest absolute Gasteiger partial charge is 0.235 e. The Morgan fingerprint density at radius 1 is 0.221 bits per heavy atom. The fraction of sp³-hybridized carbons (Fsp3) is 0. The molecule has 0 fully saturated rings. The molecule has 3 aliphatic rings. The van der Waals surface area contributed by atoms with Crippen LogP contribution in [0, 0.1) is 0 Å². The van der Waals surface area contributed by atoms with E-state index in [1.54, 1.807) is 11.3 Å². The maximum absolute atomic E-state index is 6.23. The highest BCUT2D eigenvalue weighted by atomic mass is 32.1. The number of hydrogen-bond acceptors (Lipinski definition) is 7. The predicted octanol–water partition coefficient (Wildman–Crippen LogP) is 32.5. The zero-order valence-corrected chi connectivity index (χ0v) is 71.0. The summed E-state index contributed by atoms with van der Waals surface area (Å²) in [5.41, 5.74) is 34.2. The number of hydrogen-bond donors (Lipinski definition) is 0. The van der Waals surface area contributed by atoms with Crippen LogP contribution >= 0.6 is 11.3 Å². The van der Waals surface area contributed by atoms with Gasteiger partial charge < -0.3 is 13.6 Å². The monoisotopic (exact) mass is 1680 g/mol. The quantitative estimate of drug-likeness (QED) is 0.154. The summed E-state index contributed by atoms with van der Waals surface area (Å²) < 4.78 is 15.7. The molecule has 131 heavy (non-hydrogen) atoms. The van der Waals surface area contributed by atoms with Crippen LogP contribution in [0.25, 0.3) is 291 Å². The van der Waals surface area contributed by atoms with E-state index in [-0.39, 0.29) is 0 Å². The van der Waals surface area contributed by atoms with Gasteiger partial charge in [-0.05, 0) is 208 Å². The summed E-state index contributed by atoms with van der Waals surface area (Å²) in [6.07, 6.45) is 0. The van der Waals surface area contributed by atoms with Crippen LogP contribution in [-0.4, -0.2) is 38.6 Å². The Hall–Kier alpha value is -17.3. The van der Waals surface area contributed by atoms with E-state index in [2.05, 4.69) is 414 Å². The lowest BCUT2D eigenvalue weighted by Crippen LogP contribution is -2.04. The molecule has 0 radical (unpaired) electrons. The molecular formula is C121H68N8OS. The lowest BCUT2D eigenvalue weighted by Gasteiger charge is -2.15. The lowest BCUT2D eigenvalue weighted by molar-refractivity contribution is 0.656. The molecule has 8 aromatic heterocycles. The van der Waals surface area contributed by atoms with E-state index in [0.717, 1.165) is 110 Å². The van der Waals surface area contributed by atoms with Gasteiger partial charge >= 0.3 is 0 Å². The van der Waals surface area contributed by atoms with Gasteiger partial charge in [0.15, 0.2) is 5.82 Å². The molecule has 31 rings (SSSR count). The molecule has 0 spiro atoms. The van der Waals surface area contributed by atoms with Gasteiger partial charge in [-0.3, -0.25) is 4.57 Å². The first kappa shape index (κ1) is 71.9. The molecule has 0 aliphatic heterocycles. The molecule has 0 amide bonds. The van der Waals surface area contributed by atoms with E-state index in [1.165, 1.54) is 169 Å². The molecule has 10 heteroatoms. The summed E-state index contributed by atoms with van der Waals surface area (Å²) in [5, 5.41) is 23.3. The molecule has 0 atom stereocenters. The molecule has 604 valence electrons. The van der Waals surface area contributed by atoms with Gasteiger partial charge in [0.25, 0.3) is 0 Å². The second kappa shape index (κ2) is 27.6. The van der Waals surface area contributed by atoms with Gasteiger partial charge in [0.2, 0.25) is 11.7 Å². The summed E-state index contributed by atoms with van der Waals surface area (Å²) in [7, 11) is 0. The Bertz CT molecular complexity index is 9890. The summed E-state index contributed by atoms with van der Waals surface area (Å²) in [6, 6.07) is 148. The van der Waals surface area contributed by atoms with Crippen LogP contribution in [0.15, 0.2) is 417 Å². The van der Waals surface area contributed by atoms with Crippen molar-refractivity contribution >= 4 is 184 Å². The fourth-order valence-electron chi connectivity index (χ4n) is 22.2. The topological polar surface area (TPSA) is 92.4 Å². The molecule has 0 saturated heterocycles. The summed E-state index contributed by atoms with van der Waals surface area (Å²) in [6.45, 7) is 0. The maximum Gasteiger partial charge on any atom is 0.235 e. The maximum atomic E-state index is 6.23. The van der Waals surface area contributed by atoms with Crippen molar-refractivity contribution in [2.45, 2.75) is 0 Å². The van der Waals surface area contributed by atoms with Crippen LogP contribution < -0.4 is 0 Å². The average molecular weight is 1680 g/mol. The number of para-hydroxylation sites is 1. The van der Waals surface area contributed by atoms with Gasteiger partial charge in [0, 0.05) is 97.4 Å². The fourth-order valence-corrected chi connectivity index (χ4v) is 23.4. The van der Waals surface area contributed by atoms with Crippen molar-refractivity contribution in [3.8, 4) is 118 Å². The highest BCUT2D eigenvalue weighted by Gasteiger charge is 2.31. The zero-order valence-electron chi connectivity index (χ0n) is 70.2. The molecule has 0 bridgehead atoms. The van der Waals surface area contributed by atoms with E-state index >= 15 is 0 Å². The van der Waals surface area contributed by atoms with E-state index < -0.39 is 0 Å². The Morgan fingerprint density at radius 2 is 0.649 bits per heavy atom. The zero-order chi connectivity index (χ0) is 85.4. The van der Waals surface area contributed by atoms with Crippen molar-refractivity contribution in [1.82, 2.24) is 38.6 Å². The Kier molecular flexibility index (Phi) is 15.2. The number of furan rings is 1. The molecular weight excluding hydrogens is 1610 g/mol. The number of aromatic nitrogens is 8. The number of thiophene rings is 1. The molecule has 20 aromatic carbocycles. The molecule has 0 N–H and O–H groups in total. The van der Waals surface area contributed by atoms with Crippen molar-refractivity contribution < 1.29 is 4.42 Å². The van der Waals surface area contributed by atoms with Crippen LogP contribution in [0.1, 0.15) is 0 Å². The van der Waals surface area contributed by atoms with Gasteiger partial charge in [-0.2, -0.15) is 0 Å². The summed E-state index contributed by atoms with van der Waals surface area (Å²) in [4.78, 5) is 26.0. The minimum Gasteiger partial charge on any atom is -0.438 e. The normalized spacial score (nSPS) is 12.3. The van der Waals surface area contributed by atoms with E-state index in [4.69, 9.17) is 29.3 Å². The van der Waals surface area contributed by atoms with Crippen LogP contribution in [-0.2, 0) is 0 Å². The number of benzene rings is 20. The summed E-state index contributed by atoms with van der Waals surface area (Å²) in [5.74, 6) is 1.42. The van der Waals surface area contributed by atoms with Crippen molar-refractivity contribution in [1.29, 1.82) is 0 Å². The first-order chi connectivity index (χ1) is 65.0. The Morgan fingerprint density at radius 3 is 1.21 bits per heavy atom.